The van der Waals surface area contributed by atoms with Crippen LogP contribution in [0.4, 0.5) is 0 Å². The van der Waals surface area contributed by atoms with Gasteiger partial charge in [-0.2, -0.15) is 0 Å². The van der Waals surface area contributed by atoms with Crippen LogP contribution in [-0.2, 0) is 32.7 Å². The Morgan fingerprint density at radius 3 is 1.89 bits per heavy atom. The molecule has 0 fully saturated rings. The van der Waals surface area contributed by atoms with Gasteiger partial charge in [-0.3, -0.25) is 18.6 Å². The van der Waals surface area contributed by atoms with Crippen LogP contribution in [0.1, 0.15) is 110 Å². The second-order valence-corrected chi connectivity index (χ2v) is 12.3. The molecule has 11 heteroatoms. The lowest BCUT2D eigenvalue weighted by Gasteiger charge is -2.20. The van der Waals surface area contributed by atoms with Crippen molar-refractivity contribution in [2.45, 2.75) is 122 Å². The molecule has 0 bridgehead atoms. The highest BCUT2D eigenvalue weighted by Crippen LogP contribution is 2.43. The second-order valence-electron chi connectivity index (χ2n) is 10.8. The van der Waals surface area contributed by atoms with Crippen molar-refractivity contribution in [1.82, 2.24) is 0 Å². The van der Waals surface area contributed by atoms with Gasteiger partial charge in [-0.05, 0) is 57.8 Å². The van der Waals surface area contributed by atoms with Gasteiger partial charge >= 0.3 is 19.8 Å². The van der Waals surface area contributed by atoms with Crippen LogP contribution in [-0.4, -0.2) is 65.7 Å². The average Bonchev–Trinajstić information content (AvgIpc) is 3.04. The van der Waals surface area contributed by atoms with Gasteiger partial charge in [0.2, 0.25) is 0 Å². The average molecular weight is 671 g/mol. The molecule has 3 N–H and O–H groups in total. The number of aliphatic hydroxyl groups excluding tert-OH is 2. The number of phosphoric acid groups is 1. The summed E-state index contributed by atoms with van der Waals surface area (Å²) in [4.78, 5) is 34.6. The Labute approximate surface area is 276 Å². The lowest BCUT2D eigenvalue weighted by Crippen LogP contribution is -2.29. The van der Waals surface area contributed by atoms with Gasteiger partial charge in [-0.15, -0.1) is 0 Å². The number of phosphoric ester groups is 1. The van der Waals surface area contributed by atoms with Gasteiger partial charge < -0.3 is 24.6 Å². The van der Waals surface area contributed by atoms with E-state index in [1.54, 1.807) is 0 Å². The molecule has 0 rings (SSSR count). The van der Waals surface area contributed by atoms with Crippen molar-refractivity contribution < 1.29 is 47.8 Å². The summed E-state index contributed by atoms with van der Waals surface area (Å²) in [6.45, 7) is 2.05. The Bertz CT molecular complexity index is 957. The Kier molecular flexibility index (Phi) is 29.7. The van der Waals surface area contributed by atoms with Gasteiger partial charge in [-0.25, -0.2) is 4.57 Å². The molecular weight excluding hydrogens is 611 g/mol. The molecule has 0 aliphatic rings. The molecule has 0 radical (unpaired) electrons. The van der Waals surface area contributed by atoms with E-state index in [2.05, 4.69) is 60.9 Å². The van der Waals surface area contributed by atoms with E-state index in [0.717, 1.165) is 70.6 Å². The monoisotopic (exact) mass is 670 g/mol. The summed E-state index contributed by atoms with van der Waals surface area (Å²) < 4.78 is 32.3. The molecule has 10 nitrogen and oxygen atoms in total. The van der Waals surface area contributed by atoms with Crippen LogP contribution in [0.5, 0.6) is 0 Å². The first-order chi connectivity index (χ1) is 22.2. The number of allylic oxidation sites excluding steroid dienone is 10. The van der Waals surface area contributed by atoms with E-state index in [1.165, 1.54) is 0 Å². The third-order valence-corrected chi connectivity index (χ3v) is 7.35. The Morgan fingerprint density at radius 1 is 0.674 bits per heavy atom. The Hall–Kier alpha value is -2.33. The minimum absolute atomic E-state index is 0.0586. The van der Waals surface area contributed by atoms with Crippen LogP contribution < -0.4 is 0 Å². The molecule has 0 aliphatic heterocycles. The smallest absolute Gasteiger partial charge is 0.462 e. The first-order valence-electron chi connectivity index (χ1n) is 16.7. The first-order valence-corrected chi connectivity index (χ1v) is 18.2. The van der Waals surface area contributed by atoms with Crippen LogP contribution >= 0.6 is 7.82 Å². The fourth-order valence-corrected chi connectivity index (χ4v) is 4.62. The molecule has 0 saturated heterocycles. The quantitative estimate of drug-likeness (QED) is 0.0302. The summed E-state index contributed by atoms with van der Waals surface area (Å²) in [5, 5.41) is 18.2. The second kappa shape index (κ2) is 31.3. The maximum Gasteiger partial charge on any atom is 0.472 e. The predicted octanol–water partition coefficient (Wildman–Crippen LogP) is 7.60. The van der Waals surface area contributed by atoms with Crippen molar-refractivity contribution in [2.75, 3.05) is 26.4 Å². The largest absolute Gasteiger partial charge is 0.472 e. The normalized spacial score (nSPS) is 15.0. The number of esters is 2. The van der Waals surface area contributed by atoms with Crippen molar-refractivity contribution in [3.05, 3.63) is 60.8 Å². The minimum Gasteiger partial charge on any atom is -0.462 e. The molecule has 0 saturated carbocycles. The number of ether oxygens (including phenoxy) is 2. The molecule has 0 aromatic carbocycles. The van der Waals surface area contributed by atoms with E-state index in [1.807, 2.05) is 18.2 Å². The SMILES string of the molecule is CC/C=C\C/C=C\C/C=C\C/C=C\CCC(=O)OC(COC(=O)CCCCCCC/C=C\CCC)COP(=O)(O)OCC(O)CO. The lowest BCUT2D eigenvalue weighted by atomic mass is 10.1. The van der Waals surface area contributed by atoms with Crippen LogP contribution in [0, 0.1) is 0 Å². The van der Waals surface area contributed by atoms with E-state index >= 15 is 0 Å². The summed E-state index contributed by atoms with van der Waals surface area (Å²) in [5.41, 5.74) is 0. The Balaban J connectivity index is 4.59. The standard InChI is InChI=1S/C35H59O10P/c1-3-5-7-9-11-13-15-16-17-19-21-23-25-27-35(39)45-33(31-44-46(40,41)43-29-32(37)28-36)30-42-34(38)26-24-22-20-18-14-12-10-8-6-4-2/h5,7-8,10-11,13,16-17,21,23,32-33,36-37H,3-4,6,9,12,14-15,18-20,22,24-31H2,1-2H3,(H,40,41)/b7-5-,10-8-,13-11-,17-16-,23-21-. The van der Waals surface area contributed by atoms with E-state index in [0.29, 0.717) is 12.8 Å². The molecule has 264 valence electrons. The first kappa shape index (κ1) is 43.7. The predicted molar refractivity (Wildman–Crippen MR) is 182 cm³/mol. The molecule has 0 aromatic heterocycles. The van der Waals surface area contributed by atoms with Crippen molar-refractivity contribution in [2.24, 2.45) is 0 Å². The zero-order valence-corrected chi connectivity index (χ0v) is 28.9. The summed E-state index contributed by atoms with van der Waals surface area (Å²) in [6, 6.07) is 0. The van der Waals surface area contributed by atoms with E-state index in [9.17, 15) is 24.2 Å². The molecule has 3 atom stereocenters. The highest BCUT2D eigenvalue weighted by Gasteiger charge is 2.27. The number of rotatable bonds is 30. The maximum atomic E-state index is 12.4. The van der Waals surface area contributed by atoms with Gasteiger partial charge in [0.05, 0.1) is 19.8 Å². The Morgan fingerprint density at radius 2 is 1.24 bits per heavy atom. The molecule has 3 unspecified atom stereocenters. The van der Waals surface area contributed by atoms with Gasteiger partial charge in [0.1, 0.15) is 12.7 Å². The highest BCUT2D eigenvalue weighted by atomic mass is 31.2. The van der Waals surface area contributed by atoms with Crippen LogP contribution in [0.3, 0.4) is 0 Å². The number of unbranched alkanes of at least 4 members (excludes halogenated alkanes) is 6. The lowest BCUT2D eigenvalue weighted by molar-refractivity contribution is -0.161. The number of hydrogen-bond donors (Lipinski definition) is 3. The van der Waals surface area contributed by atoms with Gasteiger partial charge in [0, 0.05) is 12.8 Å². The molecule has 0 aromatic rings. The fraction of sp³-hybridized carbons (Fsp3) is 0.657. The fourth-order valence-electron chi connectivity index (χ4n) is 3.83. The van der Waals surface area contributed by atoms with E-state index in [-0.39, 0.29) is 19.4 Å². The van der Waals surface area contributed by atoms with Crippen LogP contribution in [0.2, 0.25) is 0 Å². The zero-order chi connectivity index (χ0) is 34.1. The van der Waals surface area contributed by atoms with Gasteiger partial charge in [0.25, 0.3) is 0 Å². The molecule has 46 heavy (non-hydrogen) atoms. The minimum atomic E-state index is -4.63. The molecule has 0 aliphatic carbocycles. The van der Waals surface area contributed by atoms with Crippen molar-refractivity contribution in [3.8, 4) is 0 Å². The molecule has 0 amide bonds. The van der Waals surface area contributed by atoms with Crippen LogP contribution in [0.25, 0.3) is 0 Å². The summed E-state index contributed by atoms with van der Waals surface area (Å²) in [7, 11) is -4.63. The number of carbonyl (C=O) groups is 2. The summed E-state index contributed by atoms with van der Waals surface area (Å²) >= 11 is 0. The maximum absolute atomic E-state index is 12.4. The topological polar surface area (TPSA) is 149 Å². The molecular formula is C35H59O10P. The van der Waals surface area contributed by atoms with Crippen molar-refractivity contribution in [3.63, 3.8) is 0 Å². The zero-order valence-electron chi connectivity index (χ0n) is 28.0. The third kappa shape index (κ3) is 30.3. The number of hydrogen-bond acceptors (Lipinski definition) is 9. The van der Waals surface area contributed by atoms with E-state index < -0.39 is 51.8 Å². The van der Waals surface area contributed by atoms with Gasteiger partial charge in [0.15, 0.2) is 6.10 Å². The molecule has 0 spiro atoms. The third-order valence-electron chi connectivity index (χ3n) is 6.40. The number of aliphatic hydroxyl groups is 2. The summed E-state index contributed by atoms with van der Waals surface area (Å²) in [5.74, 6) is -1.04. The van der Waals surface area contributed by atoms with Crippen molar-refractivity contribution in [1.29, 1.82) is 0 Å². The van der Waals surface area contributed by atoms with E-state index in [4.69, 9.17) is 19.1 Å². The van der Waals surface area contributed by atoms with Gasteiger partial charge in [-0.1, -0.05) is 100 Å². The van der Waals surface area contributed by atoms with Crippen molar-refractivity contribution >= 4 is 19.8 Å². The summed E-state index contributed by atoms with van der Waals surface area (Å²) in [6.07, 6.45) is 30.8. The number of carbonyl (C=O) groups excluding carboxylic acids is 2. The molecule has 0 heterocycles. The van der Waals surface area contributed by atoms with Crippen LogP contribution in [0.15, 0.2) is 60.8 Å². The highest BCUT2D eigenvalue weighted by molar-refractivity contribution is 7.47.